The van der Waals surface area contributed by atoms with Gasteiger partial charge in [0, 0.05) is 6.92 Å². The highest BCUT2D eigenvalue weighted by Crippen LogP contribution is 2.21. The number of halogens is 1. The minimum atomic E-state index is -0.462. The fourth-order valence-corrected chi connectivity index (χ4v) is 3.33. The van der Waals surface area contributed by atoms with Crippen LogP contribution in [-0.4, -0.2) is 17.7 Å². The summed E-state index contributed by atoms with van der Waals surface area (Å²) in [6, 6.07) is 12.1. The van der Waals surface area contributed by atoms with Crippen LogP contribution in [0.25, 0.3) is 0 Å². The zero-order valence-corrected chi connectivity index (χ0v) is 15.2. The minimum absolute atomic E-state index is 0.0119. The van der Waals surface area contributed by atoms with Gasteiger partial charge < -0.3 is 5.32 Å². The Labute approximate surface area is 151 Å². The van der Waals surface area contributed by atoms with Gasteiger partial charge in [-0.3, -0.25) is 25.2 Å². The third-order valence-corrected chi connectivity index (χ3v) is 4.70. The highest BCUT2D eigenvalue weighted by molar-refractivity contribution is 9.11. The predicted molar refractivity (Wildman–Crippen MR) is 95.2 cm³/mol. The van der Waals surface area contributed by atoms with Crippen molar-refractivity contribution in [2.45, 2.75) is 19.4 Å². The van der Waals surface area contributed by atoms with Crippen LogP contribution in [0, 0.1) is 0 Å². The van der Waals surface area contributed by atoms with Crippen LogP contribution in [0.1, 0.15) is 34.6 Å². The van der Waals surface area contributed by atoms with E-state index >= 15 is 0 Å². The lowest BCUT2D eigenvalue weighted by molar-refractivity contribution is -0.123. The number of carbonyl (C=O) groups is 3. The number of hydrazine groups is 1. The number of hydrogen-bond acceptors (Lipinski definition) is 4. The number of benzene rings is 1. The lowest BCUT2D eigenvalue weighted by Crippen LogP contribution is -2.43. The van der Waals surface area contributed by atoms with E-state index in [0.717, 1.165) is 9.35 Å². The van der Waals surface area contributed by atoms with Crippen LogP contribution in [-0.2, 0) is 9.59 Å². The standard InChI is InChI=1S/C16H16BrN3O3S/c1-10(21)18-12(11-5-3-2-4-6-11)9-15(22)19-20-16(23)13-7-8-14(17)24-13/h2-8,12H,9H2,1H3,(H,18,21)(H,19,22)(H,20,23)/t12-/m0/s1. The first-order valence-electron chi connectivity index (χ1n) is 7.12. The van der Waals surface area contributed by atoms with Gasteiger partial charge in [-0.25, -0.2) is 0 Å². The molecule has 0 unspecified atom stereocenters. The lowest BCUT2D eigenvalue weighted by atomic mass is 10.0. The Bertz CT molecular complexity index is 733. The van der Waals surface area contributed by atoms with Gasteiger partial charge in [-0.1, -0.05) is 30.3 Å². The number of amides is 3. The summed E-state index contributed by atoms with van der Waals surface area (Å²) in [7, 11) is 0. The number of carbonyl (C=O) groups excluding carboxylic acids is 3. The molecular formula is C16H16BrN3O3S. The van der Waals surface area contributed by atoms with E-state index in [0.29, 0.717) is 4.88 Å². The molecule has 0 fully saturated rings. The van der Waals surface area contributed by atoms with Crippen LogP contribution >= 0.6 is 27.3 Å². The Balaban J connectivity index is 1.93. The van der Waals surface area contributed by atoms with Crippen molar-refractivity contribution in [3.63, 3.8) is 0 Å². The smallest absolute Gasteiger partial charge is 0.279 e. The van der Waals surface area contributed by atoms with E-state index in [-0.39, 0.29) is 12.3 Å². The van der Waals surface area contributed by atoms with E-state index in [4.69, 9.17) is 0 Å². The molecule has 2 rings (SSSR count). The molecule has 126 valence electrons. The van der Waals surface area contributed by atoms with Gasteiger partial charge in [0.05, 0.1) is 21.1 Å². The number of nitrogens with one attached hydrogen (secondary N) is 3. The van der Waals surface area contributed by atoms with Crippen molar-refractivity contribution in [3.8, 4) is 0 Å². The second-order valence-corrected chi connectivity index (χ2v) is 7.44. The van der Waals surface area contributed by atoms with Crippen molar-refractivity contribution in [1.29, 1.82) is 0 Å². The maximum atomic E-state index is 12.1. The van der Waals surface area contributed by atoms with Crippen molar-refractivity contribution in [1.82, 2.24) is 16.2 Å². The van der Waals surface area contributed by atoms with Gasteiger partial charge in [0.1, 0.15) is 0 Å². The highest BCUT2D eigenvalue weighted by atomic mass is 79.9. The predicted octanol–water partition coefficient (Wildman–Crippen LogP) is 2.54. The number of thiophene rings is 1. The third-order valence-electron chi connectivity index (χ3n) is 3.08. The maximum absolute atomic E-state index is 12.1. The molecule has 0 spiro atoms. The molecule has 3 N–H and O–H groups in total. The topological polar surface area (TPSA) is 87.3 Å². The Morgan fingerprint density at radius 3 is 2.38 bits per heavy atom. The zero-order valence-electron chi connectivity index (χ0n) is 12.8. The molecule has 0 aliphatic rings. The Hall–Kier alpha value is -2.19. The molecule has 1 atom stereocenters. The minimum Gasteiger partial charge on any atom is -0.349 e. The highest BCUT2D eigenvalue weighted by Gasteiger charge is 2.17. The van der Waals surface area contributed by atoms with Crippen LogP contribution < -0.4 is 16.2 Å². The fraction of sp³-hybridized carbons (Fsp3) is 0.188. The van der Waals surface area contributed by atoms with Crippen molar-refractivity contribution < 1.29 is 14.4 Å². The summed E-state index contributed by atoms with van der Waals surface area (Å²) in [6.07, 6.45) is 0.0119. The summed E-state index contributed by atoms with van der Waals surface area (Å²) >= 11 is 4.54. The molecule has 1 aromatic carbocycles. The normalized spacial score (nSPS) is 11.4. The summed E-state index contributed by atoms with van der Waals surface area (Å²) < 4.78 is 0.828. The first-order valence-corrected chi connectivity index (χ1v) is 8.73. The second kappa shape index (κ2) is 8.60. The molecule has 0 aliphatic heterocycles. The molecule has 3 amide bonds. The molecule has 0 saturated heterocycles. The SMILES string of the molecule is CC(=O)N[C@@H](CC(=O)NNC(=O)c1ccc(Br)s1)c1ccccc1. The summed E-state index contributed by atoms with van der Waals surface area (Å²) in [4.78, 5) is 35.8. The molecule has 0 saturated carbocycles. The maximum Gasteiger partial charge on any atom is 0.279 e. The number of rotatable bonds is 5. The molecule has 8 heteroatoms. The van der Waals surface area contributed by atoms with E-state index in [1.807, 2.05) is 30.3 Å². The van der Waals surface area contributed by atoms with Crippen molar-refractivity contribution in [2.24, 2.45) is 0 Å². The molecule has 2 aromatic rings. The molecule has 0 radical (unpaired) electrons. The summed E-state index contributed by atoms with van der Waals surface area (Å²) in [5.74, 6) is -1.03. The van der Waals surface area contributed by atoms with Crippen molar-refractivity contribution in [3.05, 3.63) is 56.7 Å². The molecule has 1 heterocycles. The van der Waals surface area contributed by atoms with Crippen LogP contribution in [0.3, 0.4) is 0 Å². The molecular weight excluding hydrogens is 394 g/mol. The lowest BCUT2D eigenvalue weighted by Gasteiger charge is -2.18. The number of hydrogen-bond donors (Lipinski definition) is 3. The molecule has 0 aliphatic carbocycles. The Morgan fingerprint density at radius 2 is 1.79 bits per heavy atom. The van der Waals surface area contributed by atoms with Crippen LogP contribution in [0.5, 0.6) is 0 Å². The molecule has 0 bridgehead atoms. The van der Waals surface area contributed by atoms with Crippen LogP contribution in [0.15, 0.2) is 46.3 Å². The van der Waals surface area contributed by atoms with Crippen LogP contribution in [0.4, 0.5) is 0 Å². The van der Waals surface area contributed by atoms with Gasteiger partial charge in [0.15, 0.2) is 0 Å². The van der Waals surface area contributed by atoms with Gasteiger partial charge in [-0.15, -0.1) is 11.3 Å². The second-order valence-electron chi connectivity index (χ2n) is 4.97. The average molecular weight is 410 g/mol. The van der Waals surface area contributed by atoms with Crippen LogP contribution in [0.2, 0.25) is 0 Å². The average Bonchev–Trinajstić information content (AvgIpc) is 2.99. The van der Waals surface area contributed by atoms with Gasteiger partial charge >= 0.3 is 0 Å². The Kier molecular flexibility index (Phi) is 6.51. The van der Waals surface area contributed by atoms with Crippen molar-refractivity contribution in [2.75, 3.05) is 0 Å². The van der Waals surface area contributed by atoms with Gasteiger partial charge in [0.25, 0.3) is 5.91 Å². The molecule has 24 heavy (non-hydrogen) atoms. The fourth-order valence-electron chi connectivity index (χ4n) is 2.04. The van der Waals surface area contributed by atoms with Crippen molar-refractivity contribution >= 4 is 45.0 Å². The first-order chi connectivity index (χ1) is 11.5. The summed E-state index contributed by atoms with van der Waals surface area (Å²) in [5.41, 5.74) is 5.54. The van der Waals surface area contributed by atoms with Gasteiger partial charge in [-0.05, 0) is 33.6 Å². The van der Waals surface area contributed by atoms with E-state index in [1.165, 1.54) is 18.3 Å². The van der Waals surface area contributed by atoms with E-state index < -0.39 is 17.9 Å². The summed E-state index contributed by atoms with van der Waals surface area (Å²) in [6.45, 7) is 1.39. The van der Waals surface area contributed by atoms with Gasteiger partial charge in [0.2, 0.25) is 11.8 Å². The van der Waals surface area contributed by atoms with E-state index in [1.54, 1.807) is 12.1 Å². The van der Waals surface area contributed by atoms with E-state index in [9.17, 15) is 14.4 Å². The molecule has 6 nitrogen and oxygen atoms in total. The van der Waals surface area contributed by atoms with E-state index in [2.05, 4.69) is 32.1 Å². The molecule has 1 aromatic heterocycles. The Morgan fingerprint density at radius 1 is 1.08 bits per heavy atom. The monoisotopic (exact) mass is 409 g/mol. The first kappa shape index (κ1) is 18.2. The van der Waals surface area contributed by atoms with Gasteiger partial charge in [-0.2, -0.15) is 0 Å². The largest absolute Gasteiger partial charge is 0.349 e. The summed E-state index contributed by atoms with van der Waals surface area (Å²) in [5, 5.41) is 2.73. The zero-order chi connectivity index (χ0) is 17.5. The quantitative estimate of drug-likeness (QED) is 0.663. The third kappa shape index (κ3) is 5.47.